The predicted octanol–water partition coefficient (Wildman–Crippen LogP) is 4.68. The van der Waals surface area contributed by atoms with Gasteiger partial charge < -0.3 is 11.1 Å². The van der Waals surface area contributed by atoms with Crippen molar-refractivity contribution in [3.05, 3.63) is 77.4 Å². The normalized spacial score (nSPS) is 12.7. The maximum atomic E-state index is 6.09. The van der Waals surface area contributed by atoms with Crippen molar-refractivity contribution in [1.82, 2.24) is 0 Å². The van der Waals surface area contributed by atoms with E-state index in [1.807, 2.05) is 6.07 Å². The van der Waals surface area contributed by atoms with E-state index in [0.29, 0.717) is 5.96 Å². The molecule has 0 saturated carbocycles. The maximum absolute atomic E-state index is 6.09. The molecule has 3 aromatic carbocycles. The molecule has 0 heterocycles. The lowest BCUT2D eigenvalue weighted by atomic mass is 10.0. The number of aliphatic imine (C=N–C) groups is 1. The second kappa shape index (κ2) is 6.81. The minimum Gasteiger partial charge on any atom is -0.370 e. The number of rotatable bonds is 5. The van der Waals surface area contributed by atoms with Crippen molar-refractivity contribution in [2.45, 2.75) is 12.8 Å². The standard InChI is InChI=1S/C22H21N3/c23-22(24-15-5-8-16-6-2-1-3-7-16)25-20-14-13-18-12-11-17-9-4-10-19(20)21(17)18/h1-4,6-7,9-14H,5,8,15H2,(H3,23,24,25). The van der Waals surface area contributed by atoms with Crippen LogP contribution in [-0.4, -0.2) is 12.5 Å². The van der Waals surface area contributed by atoms with Crippen LogP contribution in [0.15, 0.2) is 65.7 Å². The zero-order valence-electron chi connectivity index (χ0n) is 14.1. The predicted molar refractivity (Wildman–Crippen MR) is 108 cm³/mol. The first-order chi connectivity index (χ1) is 12.3. The van der Waals surface area contributed by atoms with Crippen LogP contribution in [0.1, 0.15) is 23.1 Å². The number of aryl methyl sites for hydroxylation is 1. The van der Waals surface area contributed by atoms with E-state index < -0.39 is 0 Å². The first-order valence-electron chi connectivity index (χ1n) is 8.66. The Labute approximate surface area is 147 Å². The lowest BCUT2D eigenvalue weighted by Gasteiger charge is -2.11. The Bertz CT molecular complexity index is 943. The summed E-state index contributed by atoms with van der Waals surface area (Å²) in [5.41, 5.74) is 11.0. The topological polar surface area (TPSA) is 50.4 Å². The van der Waals surface area contributed by atoms with E-state index in [9.17, 15) is 0 Å². The molecule has 1 aliphatic carbocycles. The van der Waals surface area contributed by atoms with Gasteiger partial charge in [0.2, 0.25) is 0 Å². The summed E-state index contributed by atoms with van der Waals surface area (Å²) in [7, 11) is 0. The fourth-order valence-corrected chi connectivity index (χ4v) is 3.33. The van der Waals surface area contributed by atoms with Crippen LogP contribution >= 0.6 is 0 Å². The van der Waals surface area contributed by atoms with Gasteiger partial charge in [0, 0.05) is 17.6 Å². The Hall–Kier alpha value is -3.07. The third-order valence-electron chi connectivity index (χ3n) is 4.56. The van der Waals surface area contributed by atoms with Crippen LogP contribution in [0.4, 0.5) is 5.69 Å². The van der Waals surface area contributed by atoms with E-state index in [1.54, 1.807) is 0 Å². The van der Waals surface area contributed by atoms with E-state index in [1.165, 1.54) is 27.5 Å². The smallest absolute Gasteiger partial charge is 0.193 e. The van der Waals surface area contributed by atoms with Gasteiger partial charge in [-0.25, -0.2) is 0 Å². The summed E-state index contributed by atoms with van der Waals surface area (Å²) in [5.74, 6) is 0.472. The van der Waals surface area contributed by atoms with Gasteiger partial charge in [0.25, 0.3) is 0 Å². The Balaban J connectivity index is 1.43. The number of hydrogen-bond donors (Lipinski definition) is 2. The van der Waals surface area contributed by atoms with Gasteiger partial charge in [0.15, 0.2) is 5.96 Å². The fourth-order valence-electron chi connectivity index (χ4n) is 3.33. The van der Waals surface area contributed by atoms with Crippen LogP contribution in [0.2, 0.25) is 0 Å². The van der Waals surface area contributed by atoms with E-state index in [-0.39, 0.29) is 0 Å². The minimum atomic E-state index is 0.472. The van der Waals surface area contributed by atoms with Crippen LogP contribution in [-0.2, 0) is 6.42 Å². The SMILES string of the molecule is NC(=NCCCc1ccccc1)Nc1ccc2c3c(cccc13)C=C2. The van der Waals surface area contributed by atoms with Crippen LogP contribution in [0.25, 0.3) is 22.9 Å². The molecule has 0 saturated heterocycles. The van der Waals surface area contributed by atoms with Crippen LogP contribution < -0.4 is 11.1 Å². The molecule has 0 spiro atoms. The Morgan fingerprint density at radius 1 is 0.880 bits per heavy atom. The van der Waals surface area contributed by atoms with Gasteiger partial charge in [-0.3, -0.25) is 4.99 Å². The summed E-state index contributed by atoms with van der Waals surface area (Å²) in [6, 6.07) is 21.0. The number of nitrogens with zero attached hydrogens (tertiary/aromatic N) is 1. The zero-order chi connectivity index (χ0) is 17.1. The molecule has 0 radical (unpaired) electrons. The highest BCUT2D eigenvalue weighted by atomic mass is 15.1. The molecule has 0 fully saturated rings. The second-order valence-electron chi connectivity index (χ2n) is 6.29. The molecule has 3 aromatic rings. The van der Waals surface area contributed by atoms with Crippen molar-refractivity contribution >= 4 is 34.6 Å². The Morgan fingerprint density at radius 2 is 1.68 bits per heavy atom. The zero-order valence-corrected chi connectivity index (χ0v) is 14.1. The fraction of sp³-hybridized carbons (Fsp3) is 0.136. The van der Waals surface area contributed by atoms with Crippen LogP contribution in [0, 0.1) is 0 Å². The molecule has 124 valence electrons. The quantitative estimate of drug-likeness (QED) is 0.317. The van der Waals surface area contributed by atoms with E-state index in [4.69, 9.17) is 5.73 Å². The first kappa shape index (κ1) is 15.5. The largest absolute Gasteiger partial charge is 0.370 e. The summed E-state index contributed by atoms with van der Waals surface area (Å²) < 4.78 is 0. The number of nitrogens with two attached hydrogens (primary N) is 1. The third kappa shape index (κ3) is 3.26. The summed E-state index contributed by atoms with van der Waals surface area (Å²) >= 11 is 0. The highest BCUT2D eigenvalue weighted by Gasteiger charge is 2.11. The van der Waals surface area contributed by atoms with E-state index in [0.717, 1.165) is 25.1 Å². The van der Waals surface area contributed by atoms with Crippen molar-refractivity contribution in [3.8, 4) is 0 Å². The minimum absolute atomic E-state index is 0.472. The highest BCUT2D eigenvalue weighted by molar-refractivity contribution is 6.11. The molecule has 0 atom stereocenters. The third-order valence-corrected chi connectivity index (χ3v) is 4.56. The summed E-state index contributed by atoms with van der Waals surface area (Å²) in [5, 5.41) is 5.73. The summed E-state index contributed by atoms with van der Waals surface area (Å²) in [6.07, 6.45) is 6.31. The number of anilines is 1. The lowest BCUT2D eigenvalue weighted by molar-refractivity contribution is 0.832. The van der Waals surface area contributed by atoms with Gasteiger partial charge >= 0.3 is 0 Å². The monoisotopic (exact) mass is 327 g/mol. The number of nitrogens with one attached hydrogen (secondary N) is 1. The van der Waals surface area contributed by atoms with Crippen molar-refractivity contribution in [2.75, 3.05) is 11.9 Å². The van der Waals surface area contributed by atoms with Crippen molar-refractivity contribution in [1.29, 1.82) is 0 Å². The Kier molecular flexibility index (Phi) is 4.21. The molecule has 25 heavy (non-hydrogen) atoms. The van der Waals surface area contributed by atoms with Crippen molar-refractivity contribution in [2.24, 2.45) is 10.7 Å². The van der Waals surface area contributed by atoms with E-state index >= 15 is 0 Å². The molecule has 3 heteroatoms. The Morgan fingerprint density at radius 3 is 2.52 bits per heavy atom. The van der Waals surface area contributed by atoms with Crippen molar-refractivity contribution in [3.63, 3.8) is 0 Å². The molecule has 0 bridgehead atoms. The van der Waals surface area contributed by atoms with Gasteiger partial charge in [-0.05, 0) is 41.0 Å². The van der Waals surface area contributed by atoms with E-state index in [2.05, 4.69) is 77.1 Å². The first-order valence-corrected chi connectivity index (χ1v) is 8.66. The van der Waals surface area contributed by atoms with Gasteiger partial charge in [-0.15, -0.1) is 0 Å². The lowest BCUT2D eigenvalue weighted by Crippen LogP contribution is -2.23. The van der Waals surface area contributed by atoms with Gasteiger partial charge in [0.05, 0.1) is 0 Å². The molecular weight excluding hydrogens is 306 g/mol. The maximum Gasteiger partial charge on any atom is 0.193 e. The number of guanidine groups is 1. The average molecular weight is 327 g/mol. The number of benzene rings is 3. The van der Waals surface area contributed by atoms with Gasteiger partial charge in [-0.2, -0.15) is 0 Å². The molecule has 1 aliphatic rings. The molecule has 0 unspecified atom stereocenters. The molecular formula is C22H21N3. The molecule has 3 nitrogen and oxygen atoms in total. The molecule has 0 amide bonds. The van der Waals surface area contributed by atoms with Gasteiger partial charge in [-0.1, -0.05) is 66.7 Å². The summed E-state index contributed by atoms with van der Waals surface area (Å²) in [4.78, 5) is 4.47. The molecule has 0 aromatic heterocycles. The molecule has 0 aliphatic heterocycles. The van der Waals surface area contributed by atoms with Crippen molar-refractivity contribution < 1.29 is 0 Å². The van der Waals surface area contributed by atoms with Crippen LogP contribution in [0.5, 0.6) is 0 Å². The van der Waals surface area contributed by atoms with Gasteiger partial charge in [0.1, 0.15) is 0 Å². The number of hydrogen-bond acceptors (Lipinski definition) is 1. The highest BCUT2D eigenvalue weighted by Crippen LogP contribution is 2.35. The second-order valence-corrected chi connectivity index (χ2v) is 6.29. The molecule has 4 rings (SSSR count). The summed E-state index contributed by atoms with van der Waals surface area (Å²) in [6.45, 7) is 0.719. The van der Waals surface area contributed by atoms with Crippen LogP contribution in [0.3, 0.4) is 0 Å². The average Bonchev–Trinajstić information content (AvgIpc) is 3.07. The molecule has 3 N–H and O–H groups in total.